The normalized spacial score (nSPS) is 10.1. The Morgan fingerprint density at radius 1 is 1.53 bits per heavy atom. The third-order valence-corrected chi connectivity index (χ3v) is 2.37. The van der Waals surface area contributed by atoms with E-state index in [0.717, 1.165) is 13.2 Å². The summed E-state index contributed by atoms with van der Waals surface area (Å²) in [6.07, 6.45) is 0. The minimum atomic E-state index is -1.35. The number of hydrogen-bond acceptors (Lipinski definition) is 3. The van der Waals surface area contributed by atoms with Gasteiger partial charge in [0.1, 0.15) is 0 Å². The van der Waals surface area contributed by atoms with Crippen molar-refractivity contribution in [1.29, 1.82) is 0 Å². The maximum atomic E-state index is 13.2. The molecule has 0 aliphatic heterocycles. The second-order valence-electron chi connectivity index (χ2n) is 2.61. The molecule has 15 heavy (non-hydrogen) atoms. The van der Waals surface area contributed by atoms with E-state index in [2.05, 4.69) is 20.7 Å². The maximum absolute atomic E-state index is 13.2. The highest BCUT2D eigenvalue weighted by atomic mass is 79.9. The topological polar surface area (TPSA) is 52.4 Å². The van der Waals surface area contributed by atoms with E-state index in [4.69, 9.17) is 0 Å². The van der Waals surface area contributed by atoms with E-state index in [0.29, 0.717) is 0 Å². The predicted octanol–water partition coefficient (Wildman–Crippen LogP) is 2.78. The van der Waals surface area contributed by atoms with E-state index in [1.807, 2.05) is 0 Å². The van der Waals surface area contributed by atoms with Crippen LogP contribution in [0.5, 0.6) is 5.75 Å². The van der Waals surface area contributed by atoms with Gasteiger partial charge in [-0.15, -0.1) is 0 Å². The molecular weight excluding hydrogens is 276 g/mol. The van der Waals surface area contributed by atoms with E-state index >= 15 is 0 Å². The fraction of sp³-hybridized carbons (Fsp3) is 0.250. The molecule has 0 heterocycles. The summed E-state index contributed by atoms with van der Waals surface area (Å²) in [7, 11) is 1.04. The Hall–Kier alpha value is -1.24. The summed E-state index contributed by atoms with van der Waals surface area (Å²) in [5.41, 5.74) is -0.717. The zero-order valence-electron chi connectivity index (χ0n) is 7.59. The van der Waals surface area contributed by atoms with Crippen molar-refractivity contribution in [1.82, 2.24) is 0 Å². The summed E-state index contributed by atoms with van der Waals surface area (Å²) in [5.74, 6) is -3.18. The van der Waals surface area contributed by atoms with E-state index in [9.17, 15) is 18.9 Å². The maximum Gasteiger partial charge on any atom is 0.314 e. The second kappa shape index (κ2) is 4.52. The van der Waals surface area contributed by atoms with Crippen LogP contribution in [0.15, 0.2) is 6.07 Å². The SMILES string of the molecule is COc1c([N+](=O)[O-])cc(CBr)c(F)c1F. The van der Waals surface area contributed by atoms with Crippen LogP contribution >= 0.6 is 15.9 Å². The van der Waals surface area contributed by atoms with E-state index in [1.165, 1.54) is 0 Å². The summed E-state index contributed by atoms with van der Waals surface area (Å²) in [4.78, 5) is 9.71. The third kappa shape index (κ3) is 2.06. The molecule has 0 fully saturated rings. The molecule has 0 aromatic heterocycles. The van der Waals surface area contributed by atoms with Crippen molar-refractivity contribution < 1.29 is 18.4 Å². The Labute approximate surface area is 92.1 Å². The van der Waals surface area contributed by atoms with Crippen molar-refractivity contribution in [3.05, 3.63) is 33.4 Å². The van der Waals surface area contributed by atoms with E-state index in [-0.39, 0.29) is 10.9 Å². The number of nitro groups is 1. The molecular formula is C8H6BrF2NO3. The molecule has 0 aliphatic carbocycles. The molecule has 1 rings (SSSR count). The average molecular weight is 282 g/mol. The molecule has 82 valence electrons. The average Bonchev–Trinajstić information content (AvgIpc) is 2.21. The van der Waals surface area contributed by atoms with Gasteiger partial charge in [-0.25, -0.2) is 4.39 Å². The van der Waals surface area contributed by atoms with Crippen LogP contribution < -0.4 is 4.74 Å². The molecule has 0 amide bonds. The highest BCUT2D eigenvalue weighted by Gasteiger charge is 2.25. The molecule has 0 radical (unpaired) electrons. The number of rotatable bonds is 3. The first-order valence-corrected chi connectivity index (χ1v) is 4.90. The number of benzene rings is 1. The molecule has 1 aromatic carbocycles. The number of methoxy groups -OCH3 is 1. The summed E-state index contributed by atoms with van der Waals surface area (Å²) in [5, 5.41) is 10.5. The zero-order valence-corrected chi connectivity index (χ0v) is 9.18. The van der Waals surface area contributed by atoms with Crippen molar-refractivity contribution in [3.8, 4) is 5.75 Å². The molecule has 0 N–H and O–H groups in total. The van der Waals surface area contributed by atoms with Gasteiger partial charge in [-0.2, -0.15) is 4.39 Å². The van der Waals surface area contributed by atoms with E-state index < -0.39 is 28.0 Å². The van der Waals surface area contributed by atoms with Crippen LogP contribution in [0.4, 0.5) is 14.5 Å². The molecule has 0 saturated carbocycles. The lowest BCUT2D eigenvalue weighted by molar-refractivity contribution is -0.386. The Bertz CT molecular complexity index is 411. The number of nitrogens with zero attached hydrogens (tertiary/aromatic N) is 1. The quantitative estimate of drug-likeness (QED) is 0.486. The van der Waals surface area contributed by atoms with Crippen LogP contribution in [0.25, 0.3) is 0 Å². The van der Waals surface area contributed by atoms with Gasteiger partial charge >= 0.3 is 5.69 Å². The molecule has 0 atom stereocenters. The molecule has 1 aromatic rings. The summed E-state index contributed by atoms with van der Waals surface area (Å²) < 4.78 is 30.9. The van der Waals surface area contributed by atoms with Gasteiger partial charge in [-0.05, 0) is 0 Å². The largest absolute Gasteiger partial charge is 0.488 e. The van der Waals surface area contributed by atoms with Crippen molar-refractivity contribution in [2.45, 2.75) is 5.33 Å². The monoisotopic (exact) mass is 281 g/mol. The zero-order chi connectivity index (χ0) is 11.6. The van der Waals surface area contributed by atoms with Crippen LogP contribution in [0.2, 0.25) is 0 Å². The molecule has 7 heteroatoms. The van der Waals surface area contributed by atoms with E-state index in [1.54, 1.807) is 0 Å². The van der Waals surface area contributed by atoms with Crippen molar-refractivity contribution in [2.24, 2.45) is 0 Å². The summed E-state index contributed by atoms with van der Waals surface area (Å²) in [6.45, 7) is 0. The van der Waals surface area contributed by atoms with Crippen LogP contribution in [0.3, 0.4) is 0 Å². The number of alkyl halides is 1. The smallest absolute Gasteiger partial charge is 0.314 e. The lowest BCUT2D eigenvalue weighted by Gasteiger charge is -2.06. The Kier molecular flexibility index (Phi) is 3.57. The highest BCUT2D eigenvalue weighted by Crippen LogP contribution is 2.34. The third-order valence-electron chi connectivity index (χ3n) is 1.76. The molecule has 0 spiro atoms. The summed E-state index contributed by atoms with van der Waals surface area (Å²) >= 11 is 2.90. The Balaban J connectivity index is 3.51. The number of ether oxygens (including phenoxy) is 1. The first-order valence-electron chi connectivity index (χ1n) is 3.78. The molecule has 0 saturated heterocycles. The van der Waals surface area contributed by atoms with Crippen LogP contribution in [0, 0.1) is 21.7 Å². The van der Waals surface area contributed by atoms with Crippen molar-refractivity contribution >= 4 is 21.6 Å². The van der Waals surface area contributed by atoms with Gasteiger partial charge in [0.25, 0.3) is 0 Å². The Morgan fingerprint density at radius 3 is 2.53 bits per heavy atom. The van der Waals surface area contributed by atoms with Gasteiger partial charge in [0.05, 0.1) is 12.0 Å². The lowest BCUT2D eigenvalue weighted by atomic mass is 10.2. The van der Waals surface area contributed by atoms with Gasteiger partial charge in [-0.1, -0.05) is 15.9 Å². The van der Waals surface area contributed by atoms with Crippen molar-refractivity contribution in [3.63, 3.8) is 0 Å². The first kappa shape index (κ1) is 11.8. The van der Waals surface area contributed by atoms with Gasteiger partial charge in [0, 0.05) is 17.0 Å². The fourth-order valence-electron chi connectivity index (χ4n) is 1.07. The predicted molar refractivity (Wildman–Crippen MR) is 52.2 cm³/mol. The van der Waals surface area contributed by atoms with Gasteiger partial charge in [0.2, 0.25) is 11.6 Å². The number of nitro benzene ring substituents is 1. The van der Waals surface area contributed by atoms with Crippen LogP contribution in [-0.4, -0.2) is 12.0 Å². The molecule has 4 nitrogen and oxygen atoms in total. The second-order valence-corrected chi connectivity index (χ2v) is 3.17. The minimum absolute atomic E-state index is 0.0133. The van der Waals surface area contributed by atoms with Crippen molar-refractivity contribution in [2.75, 3.05) is 7.11 Å². The van der Waals surface area contributed by atoms with Crippen LogP contribution in [-0.2, 0) is 5.33 Å². The van der Waals surface area contributed by atoms with Gasteiger partial charge in [-0.3, -0.25) is 10.1 Å². The summed E-state index contributed by atoms with van der Waals surface area (Å²) in [6, 6.07) is 0.937. The highest BCUT2D eigenvalue weighted by molar-refractivity contribution is 9.08. The number of hydrogen-bond donors (Lipinski definition) is 0. The molecule has 0 unspecified atom stereocenters. The van der Waals surface area contributed by atoms with Gasteiger partial charge in [0.15, 0.2) is 5.82 Å². The first-order chi connectivity index (χ1) is 7.02. The Morgan fingerprint density at radius 2 is 2.13 bits per heavy atom. The molecule has 0 aliphatic rings. The lowest BCUT2D eigenvalue weighted by Crippen LogP contribution is -2.02. The minimum Gasteiger partial charge on any atom is -0.488 e. The van der Waals surface area contributed by atoms with Gasteiger partial charge < -0.3 is 4.74 Å². The fourth-order valence-corrected chi connectivity index (χ4v) is 1.48. The van der Waals surface area contributed by atoms with Crippen LogP contribution in [0.1, 0.15) is 5.56 Å². The number of halogens is 3. The standard InChI is InChI=1S/C8H6BrF2NO3/c1-15-8-5(12(13)14)2-4(3-9)6(10)7(8)11/h2H,3H2,1H3. The molecule has 0 bridgehead atoms.